The number of aliphatic hydroxyl groups excluding tert-OH is 1. The van der Waals surface area contributed by atoms with E-state index in [0.717, 1.165) is 18.5 Å². The van der Waals surface area contributed by atoms with Gasteiger partial charge in [-0.1, -0.05) is 31.1 Å². The number of β-amino-alcohol motifs (C(OH)–C–C–N with tert-alkyl or cyclic N) is 1. The summed E-state index contributed by atoms with van der Waals surface area (Å²) >= 11 is 0. The van der Waals surface area contributed by atoms with Crippen LogP contribution in [0.2, 0.25) is 0 Å². The van der Waals surface area contributed by atoms with Crippen molar-refractivity contribution in [3.8, 4) is 0 Å². The van der Waals surface area contributed by atoms with E-state index >= 15 is 0 Å². The maximum Gasteiger partial charge on any atom is 0.248 e. The predicted molar refractivity (Wildman–Crippen MR) is 110 cm³/mol. The van der Waals surface area contributed by atoms with E-state index in [1.807, 2.05) is 27.0 Å². The van der Waals surface area contributed by atoms with Crippen LogP contribution in [0.5, 0.6) is 0 Å². The fourth-order valence-corrected chi connectivity index (χ4v) is 4.12. The number of carbonyl (C=O) groups is 2. The normalized spacial score (nSPS) is 22.5. The molecule has 2 aromatic heterocycles. The first-order valence-corrected chi connectivity index (χ1v) is 10.8. The minimum atomic E-state index is -0.743. The minimum Gasteiger partial charge on any atom is -0.391 e. The molecule has 168 valence electrons. The van der Waals surface area contributed by atoms with Crippen LogP contribution in [0.3, 0.4) is 0 Å². The van der Waals surface area contributed by atoms with E-state index in [1.54, 1.807) is 16.9 Å². The Balaban J connectivity index is 1.48. The first-order valence-electron chi connectivity index (χ1n) is 10.8. The van der Waals surface area contributed by atoms with E-state index in [1.165, 1.54) is 4.90 Å². The summed E-state index contributed by atoms with van der Waals surface area (Å²) in [6.07, 6.45) is 5.57. The van der Waals surface area contributed by atoms with Gasteiger partial charge in [0.2, 0.25) is 11.8 Å². The van der Waals surface area contributed by atoms with Crippen LogP contribution in [-0.4, -0.2) is 67.2 Å². The van der Waals surface area contributed by atoms with E-state index in [4.69, 9.17) is 4.52 Å². The van der Waals surface area contributed by atoms with E-state index in [9.17, 15) is 14.7 Å². The lowest BCUT2D eigenvalue weighted by atomic mass is 9.85. The lowest BCUT2D eigenvalue weighted by molar-refractivity contribution is -0.144. The molecule has 1 aliphatic heterocycles. The molecular formula is C21H30N6O4. The Labute approximate surface area is 181 Å². The maximum atomic E-state index is 13.6. The number of aromatic nitrogens is 4. The van der Waals surface area contributed by atoms with Crippen LogP contribution in [0, 0.1) is 5.41 Å². The molecule has 3 heterocycles. The SMILES string of the molecule is CC(C)(C)[C@@H](C(=O)N1C[C@H](O)C[C@H]1C(=O)NCCc1ccno1)n1cc(C2CC2)nn1. The standard InChI is InChI=1S/C21H30N6O4/c1-21(2,3)18(27-12-16(24-25-27)13-4-5-13)20(30)26-11-14(28)10-17(26)19(29)22-8-6-15-7-9-23-31-15/h7,9,12-14,17-18,28H,4-6,8,10-11H2,1-3H3,(H,22,29)/t14-,17+,18-/m1/s1. The van der Waals surface area contributed by atoms with Crippen molar-refractivity contribution in [2.45, 2.75) is 70.6 Å². The van der Waals surface area contributed by atoms with Gasteiger partial charge in [0.05, 0.1) is 18.0 Å². The average molecular weight is 431 g/mol. The third-order valence-electron chi connectivity index (χ3n) is 5.87. The molecule has 0 aromatic carbocycles. The Morgan fingerprint density at radius 2 is 2.13 bits per heavy atom. The zero-order valence-corrected chi connectivity index (χ0v) is 18.2. The minimum absolute atomic E-state index is 0.121. The molecule has 2 aromatic rings. The Hall–Kier alpha value is -2.75. The van der Waals surface area contributed by atoms with Crippen LogP contribution in [0.4, 0.5) is 0 Å². The number of rotatable bonds is 7. The molecule has 1 aliphatic carbocycles. The van der Waals surface area contributed by atoms with Gasteiger partial charge in [-0.05, 0) is 18.3 Å². The fourth-order valence-electron chi connectivity index (χ4n) is 4.12. The topological polar surface area (TPSA) is 126 Å². The molecule has 0 spiro atoms. The smallest absolute Gasteiger partial charge is 0.248 e. The highest BCUT2D eigenvalue weighted by Gasteiger charge is 2.45. The molecule has 10 heteroatoms. The number of hydrogen-bond acceptors (Lipinski definition) is 7. The van der Waals surface area contributed by atoms with E-state index in [-0.39, 0.29) is 24.8 Å². The van der Waals surface area contributed by atoms with Gasteiger partial charge < -0.3 is 19.8 Å². The van der Waals surface area contributed by atoms with Gasteiger partial charge in [-0.15, -0.1) is 5.10 Å². The number of nitrogens with one attached hydrogen (secondary N) is 1. The number of aliphatic hydroxyl groups is 1. The van der Waals surface area contributed by atoms with Crippen molar-refractivity contribution >= 4 is 11.8 Å². The summed E-state index contributed by atoms with van der Waals surface area (Å²) in [5.41, 5.74) is 0.456. The number of nitrogens with zero attached hydrogens (tertiary/aromatic N) is 5. The molecule has 2 N–H and O–H groups in total. The average Bonchev–Trinajstić information content (AvgIpc) is 3.07. The molecule has 0 bridgehead atoms. The molecule has 0 unspecified atom stereocenters. The molecule has 0 radical (unpaired) electrons. The van der Waals surface area contributed by atoms with Crippen molar-refractivity contribution in [1.29, 1.82) is 0 Å². The van der Waals surface area contributed by atoms with Gasteiger partial charge in [-0.25, -0.2) is 4.68 Å². The van der Waals surface area contributed by atoms with Crippen LogP contribution in [0.15, 0.2) is 23.0 Å². The molecule has 31 heavy (non-hydrogen) atoms. The number of likely N-dealkylation sites (tertiary alicyclic amines) is 1. The van der Waals surface area contributed by atoms with Crippen molar-refractivity contribution in [2.24, 2.45) is 5.41 Å². The summed E-state index contributed by atoms with van der Waals surface area (Å²) < 4.78 is 6.66. The molecule has 2 amide bonds. The van der Waals surface area contributed by atoms with E-state index in [2.05, 4.69) is 20.8 Å². The zero-order valence-electron chi connectivity index (χ0n) is 18.2. The third kappa shape index (κ3) is 4.79. The van der Waals surface area contributed by atoms with Gasteiger partial charge in [0.15, 0.2) is 0 Å². The second kappa shape index (κ2) is 8.41. The van der Waals surface area contributed by atoms with Gasteiger partial charge in [-0.2, -0.15) is 0 Å². The molecule has 3 atom stereocenters. The van der Waals surface area contributed by atoms with Gasteiger partial charge >= 0.3 is 0 Å². The number of amides is 2. The highest BCUT2D eigenvalue weighted by molar-refractivity contribution is 5.90. The summed E-state index contributed by atoms with van der Waals surface area (Å²) in [6, 6.07) is 0.388. The van der Waals surface area contributed by atoms with Crippen molar-refractivity contribution in [1.82, 2.24) is 30.4 Å². The monoisotopic (exact) mass is 430 g/mol. The Morgan fingerprint density at radius 1 is 1.35 bits per heavy atom. The highest BCUT2D eigenvalue weighted by atomic mass is 16.5. The Bertz CT molecular complexity index is 915. The summed E-state index contributed by atoms with van der Waals surface area (Å²) in [5.74, 6) is 0.590. The number of hydrogen-bond donors (Lipinski definition) is 2. The summed E-state index contributed by atoms with van der Waals surface area (Å²) in [7, 11) is 0. The van der Waals surface area contributed by atoms with Gasteiger partial charge in [-0.3, -0.25) is 9.59 Å². The fraction of sp³-hybridized carbons (Fsp3) is 0.667. The zero-order chi connectivity index (χ0) is 22.2. The predicted octanol–water partition coefficient (Wildman–Crippen LogP) is 1.05. The Kier molecular flexibility index (Phi) is 5.83. The van der Waals surface area contributed by atoms with E-state index < -0.39 is 23.6 Å². The summed E-state index contributed by atoms with van der Waals surface area (Å²) in [4.78, 5) is 28.0. The first-order chi connectivity index (χ1) is 14.7. The van der Waals surface area contributed by atoms with Gasteiger partial charge in [0.25, 0.3) is 0 Å². The first kappa shape index (κ1) is 21.5. The quantitative estimate of drug-likeness (QED) is 0.672. The van der Waals surface area contributed by atoms with Gasteiger partial charge in [0, 0.05) is 44.1 Å². The van der Waals surface area contributed by atoms with Crippen molar-refractivity contribution < 1.29 is 19.2 Å². The van der Waals surface area contributed by atoms with Crippen LogP contribution in [0.1, 0.15) is 63.4 Å². The lowest BCUT2D eigenvalue weighted by Crippen LogP contribution is -2.50. The molecule has 4 rings (SSSR count). The van der Waals surface area contributed by atoms with Crippen LogP contribution in [-0.2, 0) is 16.0 Å². The van der Waals surface area contributed by atoms with Gasteiger partial charge in [0.1, 0.15) is 17.8 Å². The van der Waals surface area contributed by atoms with Crippen LogP contribution in [0.25, 0.3) is 0 Å². The molecule has 10 nitrogen and oxygen atoms in total. The second-order valence-corrected chi connectivity index (χ2v) is 9.58. The summed E-state index contributed by atoms with van der Waals surface area (Å²) in [6.45, 7) is 6.38. The molecule has 2 aliphatic rings. The van der Waals surface area contributed by atoms with E-state index in [0.29, 0.717) is 24.6 Å². The second-order valence-electron chi connectivity index (χ2n) is 9.58. The van der Waals surface area contributed by atoms with Crippen molar-refractivity contribution in [2.75, 3.05) is 13.1 Å². The molecular weight excluding hydrogens is 400 g/mol. The lowest BCUT2D eigenvalue weighted by Gasteiger charge is -2.34. The maximum absolute atomic E-state index is 13.6. The molecule has 2 fully saturated rings. The van der Waals surface area contributed by atoms with Crippen LogP contribution >= 0.6 is 0 Å². The van der Waals surface area contributed by atoms with Crippen molar-refractivity contribution in [3.63, 3.8) is 0 Å². The van der Waals surface area contributed by atoms with Crippen LogP contribution < -0.4 is 5.32 Å². The Morgan fingerprint density at radius 3 is 2.77 bits per heavy atom. The third-order valence-corrected chi connectivity index (χ3v) is 5.87. The molecule has 1 saturated carbocycles. The molecule has 1 saturated heterocycles. The largest absolute Gasteiger partial charge is 0.391 e. The van der Waals surface area contributed by atoms with Crippen molar-refractivity contribution in [3.05, 3.63) is 29.9 Å². The number of carbonyl (C=O) groups excluding carboxylic acids is 2. The highest BCUT2D eigenvalue weighted by Crippen LogP contribution is 2.40. The summed E-state index contributed by atoms with van der Waals surface area (Å²) in [5, 5.41) is 25.2.